The zero-order chi connectivity index (χ0) is 15.5. The van der Waals surface area contributed by atoms with Crippen LogP contribution in [0.3, 0.4) is 0 Å². The first-order valence-corrected chi connectivity index (χ1v) is 11.2. The summed E-state index contributed by atoms with van der Waals surface area (Å²) in [4.78, 5) is 0. The van der Waals surface area contributed by atoms with E-state index in [1.54, 1.807) is 16.0 Å². The van der Waals surface area contributed by atoms with Crippen LogP contribution in [-0.4, -0.2) is 8.07 Å². The third kappa shape index (κ3) is 3.40. The maximum atomic E-state index is 2.59. The molecule has 0 spiro atoms. The van der Waals surface area contributed by atoms with E-state index in [1.165, 1.54) is 36.4 Å². The predicted molar refractivity (Wildman–Crippen MR) is 98.0 cm³/mol. The van der Waals surface area contributed by atoms with Crippen LogP contribution in [0.25, 0.3) is 0 Å². The molecule has 0 amide bonds. The minimum absolute atomic E-state index is 1.15. The van der Waals surface area contributed by atoms with Crippen LogP contribution < -0.4 is 5.19 Å². The van der Waals surface area contributed by atoms with E-state index >= 15 is 0 Å². The quantitative estimate of drug-likeness (QED) is 0.600. The maximum absolute atomic E-state index is 2.59. The van der Waals surface area contributed by atoms with Crippen LogP contribution in [0.2, 0.25) is 12.6 Å². The lowest BCUT2D eigenvalue weighted by atomic mass is 10.2. The van der Waals surface area contributed by atoms with E-state index < -0.39 is 8.07 Å². The molecule has 1 aromatic carbocycles. The Hall–Kier alpha value is -1.08. The van der Waals surface area contributed by atoms with E-state index in [0.29, 0.717) is 0 Å². The summed E-state index contributed by atoms with van der Waals surface area (Å²) in [6.45, 7) is 11.7. The number of unbranched alkanes of at least 4 members (excludes halogenated alkanes) is 1. The second-order valence-corrected chi connectivity index (χ2v) is 11.0. The molecular weight excluding hydrogens is 268 g/mol. The molecule has 0 saturated heterocycles. The van der Waals surface area contributed by atoms with Gasteiger partial charge in [-0.05, 0) is 32.7 Å². The van der Waals surface area contributed by atoms with Crippen LogP contribution in [0.15, 0.2) is 41.1 Å². The molecule has 0 fully saturated rings. The standard InChI is InChI=1S/C20H30Si/c1-6-8-12-21(5,20-11-9-10-18(20)7-2)19-14-16(3)13-17(4)15-19/h10-11,13-15H,6-9,12H2,1-5H3. The minimum atomic E-state index is -1.57. The number of benzene rings is 1. The molecule has 1 aliphatic rings. The van der Waals surface area contributed by atoms with Gasteiger partial charge in [0.1, 0.15) is 8.07 Å². The summed E-state index contributed by atoms with van der Waals surface area (Å²) in [6.07, 6.45) is 9.97. The highest BCUT2D eigenvalue weighted by atomic mass is 28.3. The molecular formula is C20H30Si. The second-order valence-electron chi connectivity index (χ2n) is 6.75. The van der Waals surface area contributed by atoms with E-state index in [1.807, 2.05) is 0 Å². The highest BCUT2D eigenvalue weighted by molar-refractivity contribution is 6.97. The molecule has 0 nitrogen and oxygen atoms in total. The first-order chi connectivity index (χ1) is 10.0. The van der Waals surface area contributed by atoms with Gasteiger partial charge in [0.15, 0.2) is 0 Å². The second kappa shape index (κ2) is 6.78. The summed E-state index contributed by atoms with van der Waals surface area (Å²) in [7, 11) is -1.57. The Labute approximate surface area is 132 Å². The molecule has 0 heterocycles. The SMILES string of the molecule is CCCC[Si](C)(C1=CCC=C1CC)c1cc(C)cc(C)c1. The van der Waals surface area contributed by atoms with Crippen molar-refractivity contribution in [1.82, 2.24) is 0 Å². The van der Waals surface area contributed by atoms with Gasteiger partial charge in [-0.1, -0.05) is 90.7 Å². The number of aryl methyl sites for hydroxylation is 2. The summed E-state index contributed by atoms with van der Waals surface area (Å²) in [6, 6.07) is 8.61. The molecule has 1 atom stereocenters. The van der Waals surface area contributed by atoms with E-state index in [9.17, 15) is 0 Å². The van der Waals surface area contributed by atoms with Gasteiger partial charge in [-0.15, -0.1) is 0 Å². The lowest BCUT2D eigenvalue weighted by Crippen LogP contribution is -2.47. The lowest BCUT2D eigenvalue weighted by molar-refractivity contribution is 0.870. The van der Waals surface area contributed by atoms with Gasteiger partial charge in [-0.2, -0.15) is 0 Å². The molecule has 1 heteroatoms. The Morgan fingerprint density at radius 2 is 1.67 bits per heavy atom. The summed E-state index contributed by atoms with van der Waals surface area (Å²) in [5.74, 6) is 0. The molecule has 1 aromatic rings. The fourth-order valence-corrected chi connectivity index (χ4v) is 8.31. The summed E-state index contributed by atoms with van der Waals surface area (Å²) in [5.41, 5.74) is 4.46. The normalized spacial score (nSPS) is 17.4. The molecule has 0 radical (unpaired) electrons. The van der Waals surface area contributed by atoms with Gasteiger partial charge in [-0.3, -0.25) is 0 Å². The fraction of sp³-hybridized carbons (Fsp3) is 0.500. The summed E-state index contributed by atoms with van der Waals surface area (Å²) in [5, 5.41) is 3.37. The number of allylic oxidation sites excluding steroid dienone is 4. The van der Waals surface area contributed by atoms with E-state index in [-0.39, 0.29) is 0 Å². The van der Waals surface area contributed by atoms with Crippen LogP contribution >= 0.6 is 0 Å². The zero-order valence-corrected chi connectivity index (χ0v) is 15.4. The maximum Gasteiger partial charge on any atom is 0.115 e. The van der Waals surface area contributed by atoms with E-state index in [4.69, 9.17) is 0 Å². The highest BCUT2D eigenvalue weighted by Crippen LogP contribution is 2.34. The third-order valence-corrected chi connectivity index (χ3v) is 9.53. The molecule has 1 aliphatic carbocycles. The first-order valence-electron chi connectivity index (χ1n) is 8.50. The predicted octanol–water partition coefficient (Wildman–Crippen LogP) is 5.59. The fourth-order valence-electron chi connectivity index (χ4n) is 3.73. The van der Waals surface area contributed by atoms with Crippen molar-refractivity contribution >= 4 is 13.3 Å². The van der Waals surface area contributed by atoms with Crippen molar-refractivity contribution in [2.75, 3.05) is 0 Å². The molecule has 0 saturated carbocycles. The Morgan fingerprint density at radius 3 is 2.24 bits per heavy atom. The first kappa shape index (κ1) is 16.3. The van der Waals surface area contributed by atoms with Crippen molar-refractivity contribution in [3.8, 4) is 0 Å². The number of hydrogen-bond acceptors (Lipinski definition) is 0. The molecule has 114 valence electrons. The topological polar surface area (TPSA) is 0 Å². The van der Waals surface area contributed by atoms with Gasteiger partial charge in [0.25, 0.3) is 0 Å². The Balaban J connectivity index is 2.49. The van der Waals surface area contributed by atoms with Crippen LogP contribution in [0.4, 0.5) is 0 Å². The van der Waals surface area contributed by atoms with E-state index in [0.717, 1.165) is 6.42 Å². The molecule has 0 aliphatic heterocycles. The molecule has 0 bridgehead atoms. The van der Waals surface area contributed by atoms with Gasteiger partial charge in [0, 0.05) is 0 Å². The lowest BCUT2D eigenvalue weighted by Gasteiger charge is -2.32. The van der Waals surface area contributed by atoms with Crippen molar-refractivity contribution < 1.29 is 0 Å². The van der Waals surface area contributed by atoms with Crippen LogP contribution in [0.1, 0.15) is 50.7 Å². The number of hydrogen-bond donors (Lipinski definition) is 0. The molecule has 0 aromatic heterocycles. The van der Waals surface area contributed by atoms with Crippen LogP contribution in [-0.2, 0) is 0 Å². The van der Waals surface area contributed by atoms with Crippen LogP contribution in [0, 0.1) is 13.8 Å². The van der Waals surface area contributed by atoms with Gasteiger partial charge in [0.2, 0.25) is 0 Å². The van der Waals surface area contributed by atoms with Gasteiger partial charge >= 0.3 is 0 Å². The zero-order valence-electron chi connectivity index (χ0n) is 14.4. The van der Waals surface area contributed by atoms with E-state index in [2.05, 4.69) is 64.6 Å². The van der Waals surface area contributed by atoms with Crippen molar-refractivity contribution in [1.29, 1.82) is 0 Å². The highest BCUT2D eigenvalue weighted by Gasteiger charge is 2.35. The molecule has 1 unspecified atom stereocenters. The van der Waals surface area contributed by atoms with Crippen molar-refractivity contribution in [3.05, 3.63) is 52.2 Å². The van der Waals surface area contributed by atoms with Gasteiger partial charge < -0.3 is 0 Å². The third-order valence-electron chi connectivity index (χ3n) is 4.90. The van der Waals surface area contributed by atoms with Crippen LogP contribution in [0.5, 0.6) is 0 Å². The Bertz CT molecular complexity index is 545. The summed E-state index contributed by atoms with van der Waals surface area (Å²) >= 11 is 0. The average Bonchev–Trinajstić information content (AvgIpc) is 2.92. The van der Waals surface area contributed by atoms with Gasteiger partial charge in [-0.25, -0.2) is 0 Å². The molecule has 0 N–H and O–H groups in total. The smallest absolute Gasteiger partial charge is 0.0808 e. The van der Waals surface area contributed by atoms with Crippen molar-refractivity contribution in [3.63, 3.8) is 0 Å². The van der Waals surface area contributed by atoms with Crippen molar-refractivity contribution in [2.45, 2.75) is 66.0 Å². The number of rotatable bonds is 6. The average molecular weight is 299 g/mol. The van der Waals surface area contributed by atoms with Gasteiger partial charge in [0.05, 0.1) is 0 Å². The Morgan fingerprint density at radius 1 is 1.00 bits per heavy atom. The summed E-state index contributed by atoms with van der Waals surface area (Å²) < 4.78 is 0. The Kier molecular flexibility index (Phi) is 5.26. The monoisotopic (exact) mass is 298 g/mol. The molecule has 21 heavy (non-hydrogen) atoms. The minimum Gasteiger partial charge on any atom is -0.0808 e. The van der Waals surface area contributed by atoms with Crippen molar-refractivity contribution in [2.24, 2.45) is 0 Å². The largest absolute Gasteiger partial charge is 0.115 e. The molecule has 2 rings (SSSR count).